The van der Waals surface area contributed by atoms with E-state index < -0.39 is 33.7 Å². The topological polar surface area (TPSA) is 72.2 Å². The molecule has 1 N–H and O–H groups in total. The molecule has 0 aliphatic carbocycles. The first-order valence-corrected chi connectivity index (χ1v) is 6.22. The molecule has 2 unspecified atom stereocenters. The molecular weight excluding hydrogens is 270 g/mol. The van der Waals surface area contributed by atoms with Gasteiger partial charge in [-0.05, 0) is 18.9 Å². The number of halogens is 2. The lowest BCUT2D eigenvalue weighted by molar-refractivity contribution is -0.385. The molecule has 0 aliphatic heterocycles. The molecule has 5 nitrogen and oxygen atoms in total. The third kappa shape index (κ3) is 3.49. The van der Waals surface area contributed by atoms with E-state index in [1.165, 1.54) is 0 Å². The quantitative estimate of drug-likeness (QED) is 0.668. The summed E-state index contributed by atoms with van der Waals surface area (Å²) < 4.78 is 26.2. The number of hydrogen-bond acceptors (Lipinski definition) is 3. The van der Waals surface area contributed by atoms with Crippen molar-refractivity contribution in [3.63, 3.8) is 0 Å². The Balaban J connectivity index is 3.09. The zero-order chi connectivity index (χ0) is 15.4. The Morgan fingerprint density at radius 2 is 1.90 bits per heavy atom. The molecule has 0 saturated carbocycles. The lowest BCUT2D eigenvalue weighted by atomic mass is 10.0. The van der Waals surface area contributed by atoms with Crippen LogP contribution >= 0.6 is 0 Å². The Kier molecular flexibility index (Phi) is 5.12. The average molecular weight is 286 g/mol. The minimum absolute atomic E-state index is 0.156. The Labute approximate surface area is 115 Å². The SMILES string of the molecule is CCC(C)C(C)NC(=O)c1cc(F)c(F)cc1[N+](=O)[O-]. The smallest absolute Gasteiger partial charge is 0.285 e. The van der Waals surface area contributed by atoms with Gasteiger partial charge in [0.2, 0.25) is 0 Å². The second-order valence-electron chi connectivity index (χ2n) is 4.69. The van der Waals surface area contributed by atoms with Gasteiger partial charge in [-0.1, -0.05) is 20.3 Å². The number of amides is 1. The van der Waals surface area contributed by atoms with Crippen LogP contribution in [0.5, 0.6) is 0 Å². The van der Waals surface area contributed by atoms with E-state index in [0.29, 0.717) is 12.1 Å². The van der Waals surface area contributed by atoms with Crippen molar-refractivity contribution in [1.82, 2.24) is 5.32 Å². The van der Waals surface area contributed by atoms with Crippen LogP contribution in [0.2, 0.25) is 0 Å². The molecule has 1 aromatic carbocycles. The lowest BCUT2D eigenvalue weighted by Crippen LogP contribution is -2.37. The van der Waals surface area contributed by atoms with Crippen molar-refractivity contribution in [3.8, 4) is 0 Å². The van der Waals surface area contributed by atoms with Crippen molar-refractivity contribution in [2.45, 2.75) is 33.2 Å². The van der Waals surface area contributed by atoms with E-state index in [1.807, 2.05) is 13.8 Å². The predicted molar refractivity (Wildman–Crippen MR) is 69.4 cm³/mol. The highest BCUT2D eigenvalue weighted by molar-refractivity contribution is 5.98. The van der Waals surface area contributed by atoms with E-state index >= 15 is 0 Å². The van der Waals surface area contributed by atoms with Crippen LogP contribution in [0.15, 0.2) is 12.1 Å². The number of nitrogens with zero attached hydrogens (tertiary/aromatic N) is 1. The van der Waals surface area contributed by atoms with Gasteiger partial charge in [0.25, 0.3) is 11.6 Å². The standard InChI is InChI=1S/C13H16F2N2O3/c1-4-7(2)8(3)16-13(18)9-5-10(14)11(15)6-12(9)17(19)20/h5-8H,4H2,1-3H3,(H,16,18). The maximum absolute atomic E-state index is 13.2. The second kappa shape index (κ2) is 6.40. The van der Waals surface area contributed by atoms with Crippen LogP contribution in [-0.4, -0.2) is 16.9 Å². The van der Waals surface area contributed by atoms with Crippen molar-refractivity contribution in [2.24, 2.45) is 5.92 Å². The number of rotatable bonds is 5. The van der Waals surface area contributed by atoms with Crippen LogP contribution in [0.3, 0.4) is 0 Å². The Bertz CT molecular complexity index is 535. The molecule has 0 saturated heterocycles. The van der Waals surface area contributed by atoms with Gasteiger partial charge in [0.05, 0.1) is 11.0 Å². The molecule has 0 fully saturated rings. The molecule has 110 valence electrons. The van der Waals surface area contributed by atoms with E-state index in [9.17, 15) is 23.7 Å². The van der Waals surface area contributed by atoms with Gasteiger partial charge in [-0.15, -0.1) is 0 Å². The molecule has 0 aromatic heterocycles. The summed E-state index contributed by atoms with van der Waals surface area (Å²) >= 11 is 0. The van der Waals surface area contributed by atoms with Crippen molar-refractivity contribution in [1.29, 1.82) is 0 Å². The van der Waals surface area contributed by atoms with Crippen LogP contribution < -0.4 is 5.32 Å². The zero-order valence-electron chi connectivity index (χ0n) is 11.4. The van der Waals surface area contributed by atoms with Crippen molar-refractivity contribution >= 4 is 11.6 Å². The summed E-state index contributed by atoms with van der Waals surface area (Å²) in [5.41, 5.74) is -1.23. The lowest BCUT2D eigenvalue weighted by Gasteiger charge is -2.19. The first-order chi connectivity index (χ1) is 9.27. The Hall–Kier alpha value is -2.05. The highest BCUT2D eigenvalue weighted by Crippen LogP contribution is 2.22. The first kappa shape index (κ1) is 16.0. The van der Waals surface area contributed by atoms with Crippen LogP contribution in [0.25, 0.3) is 0 Å². The molecule has 0 heterocycles. The van der Waals surface area contributed by atoms with E-state index in [-0.39, 0.29) is 12.0 Å². The van der Waals surface area contributed by atoms with Crippen molar-refractivity contribution < 1.29 is 18.5 Å². The summed E-state index contributed by atoms with van der Waals surface area (Å²) in [4.78, 5) is 21.9. The maximum atomic E-state index is 13.2. The third-order valence-electron chi connectivity index (χ3n) is 3.34. The van der Waals surface area contributed by atoms with Gasteiger partial charge in [0.1, 0.15) is 5.56 Å². The highest BCUT2D eigenvalue weighted by atomic mass is 19.2. The van der Waals surface area contributed by atoms with Crippen LogP contribution in [0.1, 0.15) is 37.6 Å². The fourth-order valence-electron chi connectivity index (χ4n) is 1.65. The summed E-state index contributed by atoms with van der Waals surface area (Å²) in [6.45, 7) is 5.59. The largest absolute Gasteiger partial charge is 0.349 e. The fourth-order valence-corrected chi connectivity index (χ4v) is 1.65. The normalized spacial score (nSPS) is 13.7. The predicted octanol–water partition coefficient (Wildman–Crippen LogP) is 3.04. The third-order valence-corrected chi connectivity index (χ3v) is 3.34. The van der Waals surface area contributed by atoms with Gasteiger partial charge >= 0.3 is 0 Å². The molecule has 0 radical (unpaired) electrons. The van der Waals surface area contributed by atoms with Crippen molar-refractivity contribution in [3.05, 3.63) is 39.4 Å². The fraction of sp³-hybridized carbons (Fsp3) is 0.462. The Morgan fingerprint density at radius 1 is 1.35 bits per heavy atom. The van der Waals surface area contributed by atoms with Crippen LogP contribution in [0.4, 0.5) is 14.5 Å². The number of nitrogens with one attached hydrogen (secondary N) is 1. The summed E-state index contributed by atoms with van der Waals surface area (Å²) in [7, 11) is 0. The van der Waals surface area contributed by atoms with Gasteiger partial charge in [-0.3, -0.25) is 14.9 Å². The van der Waals surface area contributed by atoms with E-state index in [4.69, 9.17) is 0 Å². The molecule has 0 spiro atoms. The molecule has 1 amide bonds. The summed E-state index contributed by atoms with van der Waals surface area (Å²) in [5.74, 6) is -3.29. The van der Waals surface area contributed by atoms with Gasteiger partial charge in [-0.2, -0.15) is 0 Å². The van der Waals surface area contributed by atoms with E-state index in [1.54, 1.807) is 6.92 Å². The monoisotopic (exact) mass is 286 g/mol. The number of benzene rings is 1. The van der Waals surface area contributed by atoms with E-state index in [0.717, 1.165) is 6.42 Å². The van der Waals surface area contributed by atoms with Gasteiger partial charge in [0.15, 0.2) is 11.6 Å². The minimum Gasteiger partial charge on any atom is -0.349 e. The zero-order valence-corrected chi connectivity index (χ0v) is 11.4. The van der Waals surface area contributed by atoms with Crippen LogP contribution in [-0.2, 0) is 0 Å². The number of nitro groups is 1. The highest BCUT2D eigenvalue weighted by Gasteiger charge is 2.25. The van der Waals surface area contributed by atoms with Gasteiger partial charge in [0, 0.05) is 6.04 Å². The number of hydrogen-bond donors (Lipinski definition) is 1. The first-order valence-electron chi connectivity index (χ1n) is 6.22. The summed E-state index contributed by atoms with van der Waals surface area (Å²) in [6.07, 6.45) is 0.807. The molecular formula is C13H16F2N2O3. The van der Waals surface area contributed by atoms with Crippen LogP contribution in [0, 0.1) is 27.7 Å². The number of nitro benzene ring substituents is 1. The Morgan fingerprint density at radius 3 is 2.40 bits per heavy atom. The molecule has 0 bridgehead atoms. The molecule has 1 aromatic rings. The van der Waals surface area contributed by atoms with E-state index in [2.05, 4.69) is 5.32 Å². The molecule has 2 atom stereocenters. The maximum Gasteiger partial charge on any atom is 0.285 e. The summed E-state index contributed by atoms with van der Waals surface area (Å²) in [6, 6.07) is 0.727. The average Bonchev–Trinajstić information content (AvgIpc) is 2.39. The number of carbonyl (C=O) groups excluding carboxylic acids is 1. The number of carbonyl (C=O) groups is 1. The molecule has 7 heteroatoms. The van der Waals surface area contributed by atoms with Gasteiger partial charge in [-0.25, -0.2) is 8.78 Å². The molecule has 20 heavy (non-hydrogen) atoms. The second-order valence-corrected chi connectivity index (χ2v) is 4.69. The minimum atomic E-state index is -1.36. The van der Waals surface area contributed by atoms with Crippen molar-refractivity contribution in [2.75, 3.05) is 0 Å². The molecule has 0 aliphatic rings. The van der Waals surface area contributed by atoms with Gasteiger partial charge < -0.3 is 5.32 Å². The molecule has 1 rings (SSSR count). The summed E-state index contributed by atoms with van der Waals surface area (Å²) in [5, 5.41) is 13.4.